The first kappa shape index (κ1) is 25.7. The number of carbonyl (C=O) groups excluding carboxylic acids is 2. The number of amides is 1. The Balaban J connectivity index is 1.88. The first-order valence-electron chi connectivity index (χ1n) is 11.6. The van der Waals surface area contributed by atoms with Crippen LogP contribution in [0.4, 0.5) is 0 Å². The fraction of sp³-hybridized carbons (Fsp3) is 0.480. The monoisotopic (exact) mass is 488 g/mol. The van der Waals surface area contributed by atoms with Crippen molar-refractivity contribution in [2.45, 2.75) is 33.7 Å². The number of nitrogens with zero attached hydrogens (tertiary/aromatic N) is 2. The number of esters is 1. The number of hydrogen-bond donors (Lipinski definition) is 0. The Kier molecular flexibility index (Phi) is 9.47. The molecular weight excluding hydrogens is 456 g/mol. The third-order valence-corrected chi connectivity index (χ3v) is 6.32. The van der Waals surface area contributed by atoms with Gasteiger partial charge in [0.05, 0.1) is 37.0 Å². The van der Waals surface area contributed by atoms with Crippen LogP contribution in [0.1, 0.15) is 32.8 Å². The van der Waals surface area contributed by atoms with Crippen LogP contribution in [0.5, 0.6) is 5.75 Å². The first-order valence-corrected chi connectivity index (χ1v) is 12.4. The molecule has 0 spiro atoms. The standard InChI is InChI=1S/C25H32N2O6S/c1-4-32-24(29)16-23-27(17-22(28)26-10-13-31-14-11-26)25(30)21(34-23)15-19-5-7-20(8-6-19)33-12-9-18(2)3/h5-8,15-16,18H,4,9-14,17H2,1-3H3. The van der Waals surface area contributed by atoms with E-state index in [1.807, 2.05) is 24.3 Å². The molecule has 1 aliphatic rings. The molecule has 8 nitrogen and oxygen atoms in total. The number of rotatable bonds is 9. The van der Waals surface area contributed by atoms with Crippen LogP contribution in [0.3, 0.4) is 0 Å². The highest BCUT2D eigenvalue weighted by atomic mass is 32.1. The fourth-order valence-corrected chi connectivity index (χ4v) is 4.38. The Hall–Kier alpha value is -2.91. The third-order valence-electron chi connectivity index (χ3n) is 5.26. The summed E-state index contributed by atoms with van der Waals surface area (Å²) in [5.74, 6) is 0.611. The lowest BCUT2D eigenvalue weighted by Gasteiger charge is -2.26. The molecule has 2 heterocycles. The lowest BCUT2D eigenvalue weighted by Crippen LogP contribution is -2.45. The Morgan fingerprint density at radius 3 is 2.53 bits per heavy atom. The van der Waals surface area contributed by atoms with Gasteiger partial charge in [0.2, 0.25) is 5.91 Å². The molecule has 0 aliphatic carbocycles. The van der Waals surface area contributed by atoms with E-state index in [0.29, 0.717) is 48.0 Å². The van der Waals surface area contributed by atoms with Crippen molar-refractivity contribution in [2.75, 3.05) is 39.5 Å². The van der Waals surface area contributed by atoms with E-state index in [2.05, 4.69) is 13.8 Å². The van der Waals surface area contributed by atoms with E-state index >= 15 is 0 Å². The van der Waals surface area contributed by atoms with E-state index < -0.39 is 5.97 Å². The Labute approximate surface area is 203 Å². The lowest BCUT2D eigenvalue weighted by molar-refractivity contribution is -0.136. The van der Waals surface area contributed by atoms with Crippen molar-refractivity contribution in [1.29, 1.82) is 0 Å². The topological polar surface area (TPSA) is 87.1 Å². The molecule has 184 valence electrons. The quantitative estimate of drug-likeness (QED) is 0.496. The van der Waals surface area contributed by atoms with Gasteiger partial charge in [0.15, 0.2) is 0 Å². The molecule has 9 heteroatoms. The average molecular weight is 489 g/mol. The second-order valence-electron chi connectivity index (χ2n) is 8.33. The predicted molar refractivity (Wildman–Crippen MR) is 131 cm³/mol. The minimum atomic E-state index is -0.550. The van der Waals surface area contributed by atoms with Crippen LogP contribution >= 0.6 is 11.3 Å². The van der Waals surface area contributed by atoms with E-state index in [1.165, 1.54) is 10.6 Å². The van der Waals surface area contributed by atoms with Gasteiger partial charge in [-0.05, 0) is 43.0 Å². The maximum atomic E-state index is 13.2. The molecule has 0 N–H and O–H groups in total. The highest BCUT2D eigenvalue weighted by Gasteiger charge is 2.19. The predicted octanol–water partition coefficient (Wildman–Crippen LogP) is 1.37. The molecule has 0 unspecified atom stereocenters. The smallest absolute Gasteiger partial charge is 0.333 e. The SMILES string of the molecule is CCOC(=O)C=c1sc(=Cc2ccc(OCCC(C)C)cc2)c(=O)n1CC(=O)N1CCOCC1. The minimum absolute atomic E-state index is 0.142. The third kappa shape index (κ3) is 7.30. The van der Waals surface area contributed by atoms with Crippen molar-refractivity contribution in [1.82, 2.24) is 9.47 Å². The molecule has 1 amide bonds. The van der Waals surface area contributed by atoms with Gasteiger partial charge in [-0.2, -0.15) is 0 Å². The molecule has 3 rings (SSSR count). The van der Waals surface area contributed by atoms with E-state index in [1.54, 1.807) is 17.9 Å². The molecule has 0 saturated carbocycles. The zero-order chi connectivity index (χ0) is 24.5. The van der Waals surface area contributed by atoms with Crippen molar-refractivity contribution in [3.63, 3.8) is 0 Å². The van der Waals surface area contributed by atoms with Crippen molar-refractivity contribution in [3.05, 3.63) is 49.4 Å². The summed E-state index contributed by atoms with van der Waals surface area (Å²) in [5, 5.41) is 0. The number of morpholine rings is 1. The summed E-state index contributed by atoms with van der Waals surface area (Å²) in [5.41, 5.74) is 0.503. The average Bonchev–Trinajstić information content (AvgIpc) is 3.09. The van der Waals surface area contributed by atoms with Crippen LogP contribution < -0.4 is 19.5 Å². The van der Waals surface area contributed by atoms with E-state index in [4.69, 9.17) is 14.2 Å². The molecule has 0 radical (unpaired) electrons. The summed E-state index contributed by atoms with van der Waals surface area (Å²) in [4.78, 5) is 39.7. The number of thiazole rings is 1. The molecule has 1 aliphatic heterocycles. The van der Waals surface area contributed by atoms with Gasteiger partial charge < -0.3 is 19.1 Å². The molecule has 1 aromatic carbocycles. The second kappa shape index (κ2) is 12.5. The Morgan fingerprint density at radius 1 is 1.18 bits per heavy atom. The largest absolute Gasteiger partial charge is 0.494 e. The summed E-state index contributed by atoms with van der Waals surface area (Å²) in [7, 11) is 0. The number of hydrogen-bond acceptors (Lipinski definition) is 7. The Bertz CT molecular complexity index is 1140. The van der Waals surface area contributed by atoms with Crippen LogP contribution in [0.15, 0.2) is 29.1 Å². The van der Waals surface area contributed by atoms with Gasteiger partial charge in [-0.3, -0.25) is 14.2 Å². The van der Waals surface area contributed by atoms with E-state index in [9.17, 15) is 14.4 Å². The molecule has 0 atom stereocenters. The van der Waals surface area contributed by atoms with Gasteiger partial charge in [-0.25, -0.2) is 4.79 Å². The summed E-state index contributed by atoms with van der Waals surface area (Å²) in [6.07, 6.45) is 4.00. The molecule has 1 aromatic heterocycles. The molecule has 2 aromatic rings. The maximum Gasteiger partial charge on any atom is 0.333 e. The van der Waals surface area contributed by atoms with Crippen molar-refractivity contribution in [3.8, 4) is 5.75 Å². The fourth-order valence-electron chi connectivity index (χ4n) is 3.35. The first-order chi connectivity index (χ1) is 16.4. The summed E-state index contributed by atoms with van der Waals surface area (Å²) >= 11 is 1.16. The highest BCUT2D eigenvalue weighted by Crippen LogP contribution is 2.13. The van der Waals surface area contributed by atoms with E-state index in [-0.39, 0.29) is 24.6 Å². The van der Waals surface area contributed by atoms with Crippen molar-refractivity contribution in [2.24, 2.45) is 5.92 Å². The number of benzene rings is 1. The van der Waals surface area contributed by atoms with Crippen LogP contribution in [-0.2, 0) is 25.6 Å². The number of aromatic nitrogens is 1. The van der Waals surface area contributed by atoms with Crippen LogP contribution in [0, 0.1) is 5.92 Å². The van der Waals surface area contributed by atoms with Gasteiger partial charge in [0.25, 0.3) is 5.56 Å². The summed E-state index contributed by atoms with van der Waals surface area (Å²) < 4.78 is 18.2. The van der Waals surface area contributed by atoms with Gasteiger partial charge in [0.1, 0.15) is 17.0 Å². The van der Waals surface area contributed by atoms with E-state index in [0.717, 1.165) is 29.1 Å². The Morgan fingerprint density at radius 2 is 1.88 bits per heavy atom. The zero-order valence-electron chi connectivity index (χ0n) is 20.0. The van der Waals surface area contributed by atoms with Crippen LogP contribution in [0.2, 0.25) is 0 Å². The number of carbonyl (C=O) groups is 2. The van der Waals surface area contributed by atoms with Gasteiger partial charge in [-0.1, -0.05) is 26.0 Å². The molecule has 34 heavy (non-hydrogen) atoms. The van der Waals surface area contributed by atoms with Crippen LogP contribution in [-0.4, -0.2) is 60.9 Å². The second-order valence-corrected chi connectivity index (χ2v) is 9.39. The van der Waals surface area contributed by atoms with Crippen molar-refractivity contribution < 1.29 is 23.8 Å². The summed E-state index contributed by atoms with van der Waals surface area (Å²) in [6.45, 7) is 8.67. The maximum absolute atomic E-state index is 13.2. The summed E-state index contributed by atoms with van der Waals surface area (Å²) in [6, 6.07) is 7.49. The molecule has 1 fully saturated rings. The number of ether oxygens (including phenoxy) is 3. The van der Waals surface area contributed by atoms with Crippen molar-refractivity contribution >= 4 is 35.4 Å². The minimum Gasteiger partial charge on any atom is -0.494 e. The van der Waals surface area contributed by atoms with Crippen LogP contribution in [0.25, 0.3) is 12.2 Å². The lowest BCUT2D eigenvalue weighted by atomic mass is 10.1. The molecular formula is C25H32N2O6S. The highest BCUT2D eigenvalue weighted by molar-refractivity contribution is 7.07. The normalized spacial score (nSPS) is 15.1. The van der Waals surface area contributed by atoms with Gasteiger partial charge in [-0.15, -0.1) is 11.3 Å². The van der Waals surface area contributed by atoms with Gasteiger partial charge >= 0.3 is 5.97 Å². The van der Waals surface area contributed by atoms with Gasteiger partial charge in [0, 0.05) is 13.1 Å². The molecule has 1 saturated heterocycles. The molecule has 0 bridgehead atoms. The zero-order valence-corrected chi connectivity index (χ0v) is 20.8.